The van der Waals surface area contributed by atoms with Gasteiger partial charge in [0.25, 0.3) is 0 Å². The van der Waals surface area contributed by atoms with Gasteiger partial charge in [0.1, 0.15) is 11.6 Å². The number of nitrogens with zero attached hydrogens (tertiary/aromatic N) is 2. The van der Waals surface area contributed by atoms with Crippen molar-refractivity contribution in [3.05, 3.63) is 46.5 Å². The van der Waals surface area contributed by atoms with Crippen molar-refractivity contribution in [1.82, 2.24) is 14.9 Å². The number of hydrogen-bond acceptors (Lipinski definition) is 3. The summed E-state index contributed by atoms with van der Waals surface area (Å²) in [7, 11) is 1.67. The van der Waals surface area contributed by atoms with E-state index in [1.807, 2.05) is 18.5 Å². The van der Waals surface area contributed by atoms with E-state index in [0.717, 1.165) is 29.1 Å². The van der Waals surface area contributed by atoms with Crippen LogP contribution in [0.25, 0.3) is 0 Å². The van der Waals surface area contributed by atoms with Gasteiger partial charge in [0, 0.05) is 25.0 Å². The molecule has 0 aliphatic rings. The van der Waals surface area contributed by atoms with Crippen molar-refractivity contribution in [2.45, 2.75) is 33.0 Å². The topological polar surface area (TPSA) is 39.1 Å². The molecule has 0 saturated heterocycles. The molecule has 0 spiro atoms. The Morgan fingerprint density at radius 2 is 2.25 bits per heavy atom. The molecule has 0 bridgehead atoms. The van der Waals surface area contributed by atoms with Gasteiger partial charge in [-0.2, -0.15) is 0 Å². The fraction of sp³-hybridized carbons (Fsp3) is 0.400. The second-order valence-corrected chi connectivity index (χ2v) is 5.48. The Morgan fingerprint density at radius 3 is 2.90 bits per heavy atom. The average molecular weight is 338 g/mol. The molecule has 0 radical (unpaired) electrons. The number of nitrogens with one attached hydrogen (secondary N) is 1. The van der Waals surface area contributed by atoms with E-state index in [1.165, 1.54) is 5.56 Å². The highest BCUT2D eigenvalue weighted by Crippen LogP contribution is 2.28. The third-order valence-corrected chi connectivity index (χ3v) is 4.00. The molecule has 1 atom stereocenters. The van der Waals surface area contributed by atoms with Crippen molar-refractivity contribution in [1.29, 1.82) is 0 Å². The van der Waals surface area contributed by atoms with E-state index in [4.69, 9.17) is 4.74 Å². The van der Waals surface area contributed by atoms with E-state index in [0.29, 0.717) is 0 Å². The zero-order valence-corrected chi connectivity index (χ0v) is 13.6. The number of benzene rings is 1. The van der Waals surface area contributed by atoms with Crippen LogP contribution < -0.4 is 10.1 Å². The summed E-state index contributed by atoms with van der Waals surface area (Å²) in [5.41, 5.74) is 1.22. The van der Waals surface area contributed by atoms with Gasteiger partial charge in [0.05, 0.1) is 18.1 Å². The SMILES string of the molecule is CCn1ccnc1CNC(C)c1ccc(OC)c(Br)c1. The Morgan fingerprint density at radius 1 is 1.45 bits per heavy atom. The third-order valence-electron chi connectivity index (χ3n) is 3.38. The molecule has 2 rings (SSSR count). The lowest BCUT2D eigenvalue weighted by Crippen LogP contribution is -2.20. The number of rotatable bonds is 6. The van der Waals surface area contributed by atoms with E-state index < -0.39 is 0 Å². The second-order valence-electron chi connectivity index (χ2n) is 4.63. The van der Waals surface area contributed by atoms with Crippen molar-refractivity contribution in [2.75, 3.05) is 7.11 Å². The van der Waals surface area contributed by atoms with Gasteiger partial charge in [-0.05, 0) is 47.5 Å². The summed E-state index contributed by atoms with van der Waals surface area (Å²) < 4.78 is 8.36. The standard InChI is InChI=1S/C15H20BrN3O/c1-4-19-8-7-17-15(19)10-18-11(2)12-5-6-14(20-3)13(16)9-12/h5-9,11,18H,4,10H2,1-3H3. The van der Waals surface area contributed by atoms with Gasteiger partial charge in [-0.3, -0.25) is 0 Å². The van der Waals surface area contributed by atoms with Gasteiger partial charge >= 0.3 is 0 Å². The molecule has 4 nitrogen and oxygen atoms in total. The summed E-state index contributed by atoms with van der Waals surface area (Å²) in [5.74, 6) is 1.91. The molecule has 0 saturated carbocycles. The van der Waals surface area contributed by atoms with Crippen molar-refractivity contribution in [3.8, 4) is 5.75 Å². The summed E-state index contributed by atoms with van der Waals surface area (Å²) in [5, 5.41) is 3.50. The largest absolute Gasteiger partial charge is 0.496 e. The van der Waals surface area contributed by atoms with E-state index in [1.54, 1.807) is 7.11 Å². The lowest BCUT2D eigenvalue weighted by atomic mass is 10.1. The van der Waals surface area contributed by atoms with Gasteiger partial charge in [-0.15, -0.1) is 0 Å². The number of ether oxygens (including phenoxy) is 1. The fourth-order valence-electron chi connectivity index (χ4n) is 2.11. The Labute approximate surface area is 128 Å². The van der Waals surface area contributed by atoms with Crippen LogP contribution in [0.15, 0.2) is 35.1 Å². The molecule has 20 heavy (non-hydrogen) atoms. The molecule has 0 aliphatic heterocycles. The van der Waals surface area contributed by atoms with Crippen LogP contribution in [-0.2, 0) is 13.1 Å². The van der Waals surface area contributed by atoms with E-state index in [-0.39, 0.29) is 6.04 Å². The van der Waals surface area contributed by atoms with Crippen molar-refractivity contribution in [3.63, 3.8) is 0 Å². The number of imidazole rings is 1. The smallest absolute Gasteiger partial charge is 0.133 e. The fourth-order valence-corrected chi connectivity index (χ4v) is 2.67. The van der Waals surface area contributed by atoms with Gasteiger partial charge < -0.3 is 14.6 Å². The van der Waals surface area contributed by atoms with E-state index >= 15 is 0 Å². The number of methoxy groups -OCH3 is 1. The summed E-state index contributed by atoms with van der Waals surface area (Å²) in [6.07, 6.45) is 3.85. The summed E-state index contributed by atoms with van der Waals surface area (Å²) in [6.45, 7) is 5.97. The molecular weight excluding hydrogens is 318 g/mol. The van der Waals surface area contributed by atoms with Gasteiger partial charge in [-0.1, -0.05) is 6.07 Å². The molecular formula is C15H20BrN3O. The monoisotopic (exact) mass is 337 g/mol. The van der Waals surface area contributed by atoms with Crippen LogP contribution in [0.4, 0.5) is 0 Å². The Kier molecular flexibility index (Phi) is 5.20. The lowest BCUT2D eigenvalue weighted by molar-refractivity contribution is 0.411. The third kappa shape index (κ3) is 3.41. The minimum atomic E-state index is 0.249. The number of halogens is 1. The molecule has 0 amide bonds. The molecule has 5 heteroatoms. The lowest BCUT2D eigenvalue weighted by Gasteiger charge is -2.16. The first-order valence-electron chi connectivity index (χ1n) is 6.72. The Bertz CT molecular complexity index is 568. The Hall–Kier alpha value is -1.33. The molecule has 1 unspecified atom stereocenters. The summed E-state index contributed by atoms with van der Waals surface area (Å²) in [6, 6.07) is 6.39. The highest BCUT2D eigenvalue weighted by atomic mass is 79.9. The van der Waals surface area contributed by atoms with Crippen LogP contribution in [-0.4, -0.2) is 16.7 Å². The maximum absolute atomic E-state index is 5.25. The maximum atomic E-state index is 5.25. The molecule has 0 aliphatic carbocycles. The molecule has 1 aromatic heterocycles. The first-order chi connectivity index (χ1) is 9.65. The molecule has 2 aromatic rings. The number of aryl methyl sites for hydroxylation is 1. The highest BCUT2D eigenvalue weighted by Gasteiger charge is 2.09. The minimum Gasteiger partial charge on any atom is -0.496 e. The number of aromatic nitrogens is 2. The zero-order chi connectivity index (χ0) is 14.5. The molecule has 1 heterocycles. The summed E-state index contributed by atoms with van der Waals surface area (Å²) >= 11 is 3.52. The van der Waals surface area contributed by atoms with Crippen LogP contribution in [0.5, 0.6) is 5.75 Å². The van der Waals surface area contributed by atoms with Crippen molar-refractivity contribution in [2.24, 2.45) is 0 Å². The maximum Gasteiger partial charge on any atom is 0.133 e. The quantitative estimate of drug-likeness (QED) is 0.876. The van der Waals surface area contributed by atoms with Gasteiger partial charge in [0.15, 0.2) is 0 Å². The number of hydrogen-bond donors (Lipinski definition) is 1. The highest BCUT2D eigenvalue weighted by molar-refractivity contribution is 9.10. The van der Waals surface area contributed by atoms with Crippen molar-refractivity contribution < 1.29 is 4.74 Å². The molecule has 0 fully saturated rings. The predicted octanol–water partition coefficient (Wildman–Crippen LogP) is 3.52. The van der Waals surface area contributed by atoms with Crippen molar-refractivity contribution >= 4 is 15.9 Å². The van der Waals surface area contributed by atoms with Crippen LogP contribution in [0, 0.1) is 0 Å². The second kappa shape index (κ2) is 6.90. The van der Waals surface area contributed by atoms with E-state index in [2.05, 4.69) is 56.8 Å². The van der Waals surface area contributed by atoms with Crippen LogP contribution in [0.3, 0.4) is 0 Å². The molecule has 1 aromatic carbocycles. The first-order valence-corrected chi connectivity index (χ1v) is 7.51. The van der Waals surface area contributed by atoms with Crippen LogP contribution >= 0.6 is 15.9 Å². The van der Waals surface area contributed by atoms with E-state index in [9.17, 15) is 0 Å². The predicted molar refractivity (Wildman–Crippen MR) is 83.8 cm³/mol. The first kappa shape index (κ1) is 15.1. The molecule has 1 N–H and O–H groups in total. The average Bonchev–Trinajstić information content (AvgIpc) is 2.92. The minimum absolute atomic E-state index is 0.249. The zero-order valence-electron chi connectivity index (χ0n) is 12.1. The van der Waals surface area contributed by atoms with Gasteiger partial charge in [0.2, 0.25) is 0 Å². The summed E-state index contributed by atoms with van der Waals surface area (Å²) in [4.78, 5) is 4.37. The Balaban J connectivity index is 2.01. The normalized spacial score (nSPS) is 12.4. The van der Waals surface area contributed by atoms with Crippen LogP contribution in [0.1, 0.15) is 31.3 Å². The van der Waals surface area contributed by atoms with Gasteiger partial charge in [-0.25, -0.2) is 4.98 Å². The van der Waals surface area contributed by atoms with Crippen LogP contribution in [0.2, 0.25) is 0 Å². The molecule has 108 valence electrons.